The second-order valence-electron chi connectivity index (χ2n) is 4.19. The third-order valence-corrected chi connectivity index (χ3v) is 2.83. The van der Waals surface area contributed by atoms with Crippen LogP contribution in [-0.4, -0.2) is 9.78 Å². The fourth-order valence-corrected chi connectivity index (χ4v) is 1.91. The number of hydrogen-bond donors (Lipinski definition) is 0. The molecule has 2 aromatic heterocycles. The fourth-order valence-electron chi connectivity index (χ4n) is 1.91. The van der Waals surface area contributed by atoms with E-state index in [4.69, 9.17) is 4.42 Å². The van der Waals surface area contributed by atoms with Gasteiger partial charge >= 0.3 is 0 Å². The van der Waals surface area contributed by atoms with Gasteiger partial charge in [-0.25, -0.2) is 4.68 Å². The molecule has 0 unspecified atom stereocenters. The van der Waals surface area contributed by atoms with E-state index in [1.807, 2.05) is 49.4 Å². The lowest BCUT2D eigenvalue weighted by atomic mass is 10.2. The number of nitrogens with zero attached hydrogens (tertiary/aromatic N) is 3. The van der Waals surface area contributed by atoms with Gasteiger partial charge in [0.15, 0.2) is 5.76 Å². The van der Waals surface area contributed by atoms with E-state index in [1.165, 1.54) is 0 Å². The molecule has 0 bridgehead atoms. The number of nitriles is 1. The average Bonchev–Trinajstić information content (AvgIpc) is 3.05. The summed E-state index contributed by atoms with van der Waals surface area (Å²) in [6, 6.07) is 15.5. The Balaban J connectivity index is 2.12. The van der Waals surface area contributed by atoms with Crippen LogP contribution in [-0.2, 0) is 0 Å². The summed E-state index contributed by atoms with van der Waals surface area (Å²) in [7, 11) is 0. The molecule has 4 heteroatoms. The molecule has 1 aromatic carbocycles. The number of hydrogen-bond acceptors (Lipinski definition) is 3. The molecule has 3 aromatic rings. The first-order chi connectivity index (χ1) is 9.28. The number of aryl methyl sites for hydroxylation is 1. The minimum atomic E-state index is 0.498. The van der Waals surface area contributed by atoms with E-state index in [2.05, 4.69) is 11.2 Å². The van der Waals surface area contributed by atoms with Gasteiger partial charge in [0, 0.05) is 6.20 Å². The predicted molar refractivity (Wildman–Crippen MR) is 70.7 cm³/mol. The van der Waals surface area contributed by atoms with Crippen molar-refractivity contribution in [3.8, 4) is 23.2 Å². The summed E-state index contributed by atoms with van der Waals surface area (Å²) in [4.78, 5) is 0. The van der Waals surface area contributed by atoms with Crippen LogP contribution < -0.4 is 0 Å². The summed E-state index contributed by atoms with van der Waals surface area (Å²) < 4.78 is 7.22. The number of benzene rings is 1. The van der Waals surface area contributed by atoms with Gasteiger partial charge in [-0.15, -0.1) is 0 Å². The summed E-state index contributed by atoms with van der Waals surface area (Å²) in [5.74, 6) is 1.41. The third kappa shape index (κ3) is 2.02. The van der Waals surface area contributed by atoms with Crippen LogP contribution in [0.5, 0.6) is 0 Å². The lowest BCUT2D eigenvalue weighted by Crippen LogP contribution is -1.93. The average molecular weight is 249 g/mol. The Bertz CT molecular complexity index is 747. The molecule has 3 rings (SSSR count). The first-order valence-electron chi connectivity index (χ1n) is 5.90. The highest BCUT2D eigenvalue weighted by atomic mass is 16.3. The molecule has 0 spiro atoms. The zero-order valence-electron chi connectivity index (χ0n) is 10.4. The predicted octanol–water partition coefficient (Wildman–Crippen LogP) is 3.31. The lowest BCUT2D eigenvalue weighted by molar-refractivity contribution is 0.545. The Morgan fingerprint density at radius 1 is 1.16 bits per heavy atom. The minimum absolute atomic E-state index is 0.498. The first kappa shape index (κ1) is 11.3. The molecule has 0 aliphatic rings. The lowest BCUT2D eigenvalue weighted by Gasteiger charge is -1.98. The zero-order valence-corrected chi connectivity index (χ0v) is 10.4. The van der Waals surface area contributed by atoms with E-state index >= 15 is 0 Å². The van der Waals surface area contributed by atoms with Crippen molar-refractivity contribution < 1.29 is 4.42 Å². The molecular formula is C15H11N3O. The molecular weight excluding hydrogens is 238 g/mol. The highest BCUT2D eigenvalue weighted by molar-refractivity contribution is 5.61. The molecule has 0 N–H and O–H groups in total. The standard InChI is InChI=1S/C15H11N3O/c1-11-7-8-14(19-11)15-12(9-16)10-18(17-15)13-5-3-2-4-6-13/h2-8,10H,1H3. The van der Waals surface area contributed by atoms with E-state index in [1.54, 1.807) is 10.9 Å². The zero-order chi connectivity index (χ0) is 13.2. The van der Waals surface area contributed by atoms with Crippen LogP contribution in [0.4, 0.5) is 0 Å². The van der Waals surface area contributed by atoms with E-state index in [0.29, 0.717) is 17.0 Å². The monoisotopic (exact) mass is 249 g/mol. The van der Waals surface area contributed by atoms with Crippen molar-refractivity contribution >= 4 is 0 Å². The van der Waals surface area contributed by atoms with Gasteiger partial charge in [-0.2, -0.15) is 10.4 Å². The quantitative estimate of drug-likeness (QED) is 0.700. The smallest absolute Gasteiger partial charge is 0.155 e. The van der Waals surface area contributed by atoms with Crippen LogP contribution >= 0.6 is 0 Å². The van der Waals surface area contributed by atoms with Crippen LogP contribution in [0.3, 0.4) is 0 Å². The Kier molecular flexibility index (Phi) is 2.66. The van der Waals surface area contributed by atoms with Gasteiger partial charge in [-0.1, -0.05) is 18.2 Å². The molecule has 0 amide bonds. The van der Waals surface area contributed by atoms with Crippen molar-refractivity contribution in [1.82, 2.24) is 9.78 Å². The van der Waals surface area contributed by atoms with Crippen molar-refractivity contribution in [2.75, 3.05) is 0 Å². The Labute approximate surface area is 110 Å². The highest BCUT2D eigenvalue weighted by Crippen LogP contribution is 2.24. The molecule has 2 heterocycles. The molecule has 92 valence electrons. The normalized spacial score (nSPS) is 10.3. The SMILES string of the molecule is Cc1ccc(-c2nn(-c3ccccc3)cc2C#N)o1. The molecule has 0 saturated carbocycles. The van der Waals surface area contributed by atoms with Gasteiger partial charge in [0.2, 0.25) is 0 Å². The Morgan fingerprint density at radius 3 is 2.58 bits per heavy atom. The van der Waals surface area contributed by atoms with Crippen molar-refractivity contribution in [1.29, 1.82) is 5.26 Å². The molecule has 0 radical (unpaired) electrons. The molecule has 0 aliphatic heterocycles. The number of furan rings is 1. The third-order valence-electron chi connectivity index (χ3n) is 2.83. The maximum absolute atomic E-state index is 9.20. The number of para-hydroxylation sites is 1. The topological polar surface area (TPSA) is 54.8 Å². The van der Waals surface area contributed by atoms with Crippen molar-refractivity contribution in [2.45, 2.75) is 6.92 Å². The second-order valence-corrected chi connectivity index (χ2v) is 4.19. The Hall–Kier alpha value is -2.80. The summed E-state index contributed by atoms with van der Waals surface area (Å²) >= 11 is 0. The van der Waals surface area contributed by atoms with Crippen molar-refractivity contribution in [3.63, 3.8) is 0 Å². The van der Waals surface area contributed by atoms with Crippen LogP contribution in [0.1, 0.15) is 11.3 Å². The largest absolute Gasteiger partial charge is 0.460 e. The Morgan fingerprint density at radius 2 is 1.95 bits per heavy atom. The minimum Gasteiger partial charge on any atom is -0.460 e. The maximum atomic E-state index is 9.20. The first-order valence-corrected chi connectivity index (χ1v) is 5.90. The molecule has 0 saturated heterocycles. The van der Waals surface area contributed by atoms with Gasteiger partial charge in [-0.3, -0.25) is 0 Å². The van der Waals surface area contributed by atoms with Crippen LogP contribution in [0.2, 0.25) is 0 Å². The highest BCUT2D eigenvalue weighted by Gasteiger charge is 2.14. The summed E-state index contributed by atoms with van der Waals surface area (Å²) in [5.41, 5.74) is 1.98. The summed E-state index contributed by atoms with van der Waals surface area (Å²) in [5, 5.41) is 13.6. The van der Waals surface area contributed by atoms with Gasteiger partial charge in [-0.05, 0) is 31.2 Å². The van der Waals surface area contributed by atoms with Crippen LogP contribution in [0.15, 0.2) is 53.1 Å². The molecule has 4 nitrogen and oxygen atoms in total. The maximum Gasteiger partial charge on any atom is 0.155 e. The fraction of sp³-hybridized carbons (Fsp3) is 0.0667. The molecule has 0 atom stereocenters. The van der Waals surface area contributed by atoms with Gasteiger partial charge in [0.25, 0.3) is 0 Å². The van der Waals surface area contributed by atoms with Gasteiger partial charge in [0.05, 0.1) is 5.69 Å². The van der Waals surface area contributed by atoms with Crippen molar-refractivity contribution in [2.24, 2.45) is 0 Å². The van der Waals surface area contributed by atoms with Gasteiger partial charge in [0.1, 0.15) is 23.1 Å². The van der Waals surface area contributed by atoms with Crippen LogP contribution in [0, 0.1) is 18.3 Å². The molecule has 19 heavy (non-hydrogen) atoms. The summed E-state index contributed by atoms with van der Waals surface area (Å²) in [6.45, 7) is 1.86. The molecule has 0 aliphatic carbocycles. The van der Waals surface area contributed by atoms with E-state index < -0.39 is 0 Å². The molecule has 0 fully saturated rings. The van der Waals surface area contributed by atoms with Gasteiger partial charge < -0.3 is 4.42 Å². The van der Waals surface area contributed by atoms with E-state index in [0.717, 1.165) is 11.4 Å². The van der Waals surface area contributed by atoms with Crippen molar-refractivity contribution in [3.05, 3.63) is 60.0 Å². The van der Waals surface area contributed by atoms with E-state index in [-0.39, 0.29) is 0 Å². The van der Waals surface area contributed by atoms with E-state index in [9.17, 15) is 5.26 Å². The number of aromatic nitrogens is 2. The number of rotatable bonds is 2. The second kappa shape index (κ2) is 4.46. The summed E-state index contributed by atoms with van der Waals surface area (Å²) in [6.07, 6.45) is 1.71. The van der Waals surface area contributed by atoms with Crippen LogP contribution in [0.25, 0.3) is 17.1 Å².